The van der Waals surface area contributed by atoms with E-state index in [0.29, 0.717) is 0 Å². The molecule has 0 aliphatic carbocycles. The number of hydrogen-bond donors (Lipinski definition) is 5. The molecular formula is C21H22FN9O12P2S-2. The molecule has 4 aromatic rings. The zero-order valence-electron chi connectivity index (χ0n) is 22.8. The summed E-state index contributed by atoms with van der Waals surface area (Å²) in [6.45, 7) is -6.27. The minimum Gasteiger partial charge on any atom is -0.780 e. The number of fused-ring (bicyclic) bond motifs is 4. The number of alkyl halides is 1. The molecule has 7 heterocycles. The number of rotatable bonds is 2. The van der Waals surface area contributed by atoms with Crippen LogP contribution >= 0.6 is 14.5 Å². The first kappa shape index (κ1) is 31.4. The number of hydrogen-bond acceptors (Lipinski definition) is 18. The van der Waals surface area contributed by atoms with E-state index < -0.39 is 88.0 Å². The first-order chi connectivity index (χ1) is 21.7. The molecule has 3 aliphatic heterocycles. The lowest BCUT2D eigenvalue weighted by Gasteiger charge is -2.36. The number of nitrogens with one attached hydrogen (secondary N) is 2. The SMILES string of the molecule is Nc1cc2c(ncn2[C@@H]2O[C@@H]3COP(=O)([O-])O[C@H]4[C@@H](F)[C@H](n5cnc6c(=O)[nH]c(N)nc65)O[C@@H]4COP([O-])(=S)O[C@H]3[C@H]2O)c(=O)[nH]1. The predicted molar refractivity (Wildman–Crippen MR) is 150 cm³/mol. The van der Waals surface area contributed by atoms with E-state index in [1.165, 1.54) is 10.6 Å². The van der Waals surface area contributed by atoms with Crippen molar-refractivity contribution in [2.75, 3.05) is 24.7 Å². The van der Waals surface area contributed by atoms with Crippen molar-refractivity contribution in [2.24, 2.45) is 0 Å². The van der Waals surface area contributed by atoms with E-state index in [0.717, 1.165) is 17.2 Å². The minimum atomic E-state index is -5.38. The fourth-order valence-corrected chi connectivity index (χ4v) is 7.84. The van der Waals surface area contributed by atoms with E-state index in [-0.39, 0.29) is 34.0 Å². The molecule has 0 aromatic carbocycles. The quantitative estimate of drug-likeness (QED) is 0.133. The number of phosphoric ester groups is 1. The number of nitrogen functional groups attached to an aromatic ring is 2. The first-order valence-corrected chi connectivity index (χ1v) is 17.2. The average Bonchev–Trinajstić information content (AvgIpc) is 3.72. The summed E-state index contributed by atoms with van der Waals surface area (Å²) >= 11 is 5.03. The van der Waals surface area contributed by atoms with Gasteiger partial charge in [0.2, 0.25) is 5.95 Å². The van der Waals surface area contributed by atoms with Gasteiger partial charge in [-0.2, -0.15) is 4.98 Å². The Morgan fingerprint density at radius 2 is 1.63 bits per heavy atom. The molecule has 3 saturated heterocycles. The molecule has 0 saturated carbocycles. The summed E-state index contributed by atoms with van der Waals surface area (Å²) in [7, 11) is -5.38. The Kier molecular flexibility index (Phi) is 7.66. The summed E-state index contributed by atoms with van der Waals surface area (Å²) in [5.74, 6) is -0.334. The number of imidazole rings is 2. The van der Waals surface area contributed by atoms with Crippen LogP contribution in [0.2, 0.25) is 0 Å². The molecule has 46 heavy (non-hydrogen) atoms. The van der Waals surface area contributed by atoms with Crippen LogP contribution in [0, 0.1) is 0 Å². The van der Waals surface area contributed by atoms with E-state index >= 15 is 4.39 Å². The van der Waals surface area contributed by atoms with Crippen molar-refractivity contribution >= 4 is 60.3 Å². The second-order valence-electron chi connectivity index (χ2n) is 10.4. The van der Waals surface area contributed by atoms with Crippen molar-refractivity contribution < 1.29 is 51.4 Å². The molecular weight excluding hydrogens is 683 g/mol. The Morgan fingerprint density at radius 1 is 0.978 bits per heavy atom. The van der Waals surface area contributed by atoms with Crippen molar-refractivity contribution in [3.05, 3.63) is 39.4 Å². The van der Waals surface area contributed by atoms with Crippen LogP contribution < -0.4 is 32.4 Å². The third-order valence-electron chi connectivity index (χ3n) is 7.47. The summed E-state index contributed by atoms with van der Waals surface area (Å²) in [5.41, 5.74) is 9.69. The van der Waals surface area contributed by atoms with Crippen LogP contribution in [0.3, 0.4) is 0 Å². The lowest BCUT2D eigenvalue weighted by Crippen LogP contribution is -2.40. The van der Waals surface area contributed by atoms with Crippen molar-refractivity contribution in [3.63, 3.8) is 0 Å². The van der Waals surface area contributed by atoms with Gasteiger partial charge in [-0.3, -0.25) is 23.7 Å². The number of aliphatic hydroxyl groups is 1. The molecule has 21 nitrogen and oxygen atoms in total. The van der Waals surface area contributed by atoms with Crippen LogP contribution in [0.15, 0.2) is 28.3 Å². The molecule has 0 amide bonds. The monoisotopic (exact) mass is 705 g/mol. The Bertz CT molecular complexity index is 1910. The molecule has 7 rings (SSSR count). The largest absolute Gasteiger partial charge is 0.780 e. The molecule has 2 unspecified atom stereocenters. The number of ether oxygens (including phenoxy) is 2. The van der Waals surface area contributed by atoms with Crippen LogP contribution in [0.4, 0.5) is 16.2 Å². The second-order valence-corrected chi connectivity index (χ2v) is 14.5. The van der Waals surface area contributed by atoms with E-state index in [1.807, 2.05) is 0 Å². The maximum absolute atomic E-state index is 15.9. The molecule has 3 aliphatic rings. The second kappa shape index (κ2) is 11.2. The molecule has 0 bridgehead atoms. The maximum Gasteiger partial charge on any atom is 0.280 e. The summed E-state index contributed by atoms with van der Waals surface area (Å²) in [4.78, 5) is 67.1. The average molecular weight is 705 g/mol. The van der Waals surface area contributed by atoms with Crippen molar-refractivity contribution in [3.8, 4) is 0 Å². The molecule has 0 spiro atoms. The number of aromatic nitrogens is 7. The van der Waals surface area contributed by atoms with E-state index in [4.69, 9.17) is 50.8 Å². The standard InChI is InChI=1S/C21H24FN9O12P2S/c22-10-14-7(40-19(10)31-5-26-12-16(31)28-21(24)29-18(12)34)3-39-45(37,46)43-15-8(2-38-44(35,36)42-14)41-20(13(15)32)30-4-25-11-6(30)1-9(23)27-17(11)33/h1,4-5,7-8,10,13-15,19-20,32H,2-3H2,(H,35,36)(H,37,46)(H3,23,27,33)(H3,24,28,29,34)/p-2/t7-,8-,10-,13-,14-,15-,19-,20-,45?/m1/s1. The van der Waals surface area contributed by atoms with Gasteiger partial charge in [0.05, 0.1) is 31.4 Å². The highest BCUT2D eigenvalue weighted by molar-refractivity contribution is 8.06. The first-order valence-electron chi connectivity index (χ1n) is 13.2. The Labute approximate surface area is 259 Å². The van der Waals surface area contributed by atoms with Crippen LogP contribution in [0.5, 0.6) is 0 Å². The highest BCUT2D eigenvalue weighted by Crippen LogP contribution is 2.51. The Morgan fingerprint density at radius 3 is 2.41 bits per heavy atom. The third-order valence-corrected chi connectivity index (χ3v) is 9.98. The molecule has 248 valence electrons. The normalized spacial score (nSPS) is 37.1. The lowest BCUT2D eigenvalue weighted by atomic mass is 10.1. The van der Waals surface area contributed by atoms with Gasteiger partial charge in [0, 0.05) is 6.07 Å². The van der Waals surface area contributed by atoms with Gasteiger partial charge in [0.1, 0.15) is 43.1 Å². The van der Waals surface area contributed by atoms with E-state index in [9.17, 15) is 29.0 Å². The molecule has 4 aromatic heterocycles. The molecule has 3 fully saturated rings. The molecule has 7 N–H and O–H groups in total. The number of pyridine rings is 1. The summed E-state index contributed by atoms with van der Waals surface area (Å²) < 4.78 is 63.4. The van der Waals surface area contributed by atoms with Gasteiger partial charge in [0.25, 0.3) is 18.9 Å². The van der Waals surface area contributed by atoms with Crippen LogP contribution in [0.25, 0.3) is 22.2 Å². The van der Waals surface area contributed by atoms with E-state index in [1.54, 1.807) is 0 Å². The molecule has 10 atom stereocenters. The number of halogens is 1. The molecule has 0 radical (unpaired) electrons. The summed E-state index contributed by atoms with van der Waals surface area (Å²) in [6.07, 6.45) is -11.5. The van der Waals surface area contributed by atoms with Crippen molar-refractivity contribution in [1.82, 2.24) is 34.1 Å². The Balaban J connectivity index is 1.18. The van der Waals surface area contributed by atoms with E-state index in [2.05, 4.69) is 24.9 Å². The summed E-state index contributed by atoms with van der Waals surface area (Å²) in [6, 6.07) is 1.35. The van der Waals surface area contributed by atoms with Crippen LogP contribution in [-0.4, -0.2) is 89.1 Å². The van der Waals surface area contributed by atoms with Crippen LogP contribution in [-0.2, 0) is 43.9 Å². The van der Waals surface area contributed by atoms with Gasteiger partial charge < -0.3 is 63.5 Å². The highest BCUT2D eigenvalue weighted by Gasteiger charge is 2.52. The predicted octanol–water partition coefficient (Wildman–Crippen LogP) is -2.61. The van der Waals surface area contributed by atoms with Crippen molar-refractivity contribution in [2.45, 2.75) is 49.1 Å². The number of phosphoric acid groups is 1. The number of nitrogens with zero attached hydrogens (tertiary/aromatic N) is 5. The van der Waals surface area contributed by atoms with Gasteiger partial charge in [-0.05, 0) is 0 Å². The lowest BCUT2D eigenvalue weighted by molar-refractivity contribution is -0.238. The fraction of sp³-hybridized carbons (Fsp3) is 0.476. The number of aromatic amines is 2. The minimum absolute atomic E-state index is 0.0258. The van der Waals surface area contributed by atoms with Crippen molar-refractivity contribution in [1.29, 1.82) is 0 Å². The molecule has 25 heteroatoms. The number of aliphatic hydroxyl groups excluding tert-OH is 1. The topological polar surface area (TPSA) is 305 Å². The number of nitrogens with two attached hydrogens (primary N) is 2. The number of anilines is 2. The highest BCUT2D eigenvalue weighted by atomic mass is 32.5. The van der Waals surface area contributed by atoms with Gasteiger partial charge in [-0.25, -0.2) is 14.4 Å². The smallest absolute Gasteiger partial charge is 0.280 e. The van der Waals surface area contributed by atoms with Crippen LogP contribution in [0.1, 0.15) is 12.5 Å². The van der Waals surface area contributed by atoms with Gasteiger partial charge >= 0.3 is 0 Å². The summed E-state index contributed by atoms with van der Waals surface area (Å²) in [5, 5.41) is 11.2. The van der Waals surface area contributed by atoms with Gasteiger partial charge in [-0.1, -0.05) is 11.8 Å². The third kappa shape index (κ3) is 5.47. The Hall–Kier alpha value is -3.18. The zero-order valence-corrected chi connectivity index (χ0v) is 25.4. The zero-order chi connectivity index (χ0) is 32.7. The van der Waals surface area contributed by atoms with Gasteiger partial charge in [-0.15, -0.1) is 0 Å². The maximum atomic E-state index is 15.9. The number of H-pyrrole nitrogens is 2. The fourth-order valence-electron chi connectivity index (χ4n) is 5.47. The van der Waals surface area contributed by atoms with Gasteiger partial charge in [0.15, 0.2) is 35.3 Å².